The Bertz CT molecular complexity index is 1800. The van der Waals surface area contributed by atoms with E-state index in [1.807, 2.05) is 30.3 Å². The number of benzene rings is 4. The molecule has 2 amide bonds. The lowest BCUT2D eigenvalue weighted by Crippen LogP contribution is -2.54. The van der Waals surface area contributed by atoms with Crippen LogP contribution >= 0.6 is 23.2 Å². The third kappa shape index (κ3) is 8.47. The molecule has 4 aromatic rings. The second-order valence-electron chi connectivity index (χ2n) is 11.6. The van der Waals surface area contributed by atoms with E-state index in [-0.39, 0.29) is 45.5 Å². The molecule has 5 rings (SSSR count). The van der Waals surface area contributed by atoms with Crippen molar-refractivity contribution in [3.05, 3.63) is 124 Å². The van der Waals surface area contributed by atoms with Gasteiger partial charge in [-0.3, -0.25) is 13.9 Å². The van der Waals surface area contributed by atoms with E-state index in [0.717, 1.165) is 47.7 Å². The molecule has 4 aromatic carbocycles. The average Bonchev–Trinajstić information content (AvgIpc) is 3.60. The van der Waals surface area contributed by atoms with Gasteiger partial charge in [0.25, 0.3) is 10.0 Å². The van der Waals surface area contributed by atoms with Crippen LogP contribution in [-0.2, 0) is 32.6 Å². The topological polar surface area (TPSA) is 96.0 Å². The number of sulfonamides is 1. The monoisotopic (exact) mass is 711 g/mol. The van der Waals surface area contributed by atoms with Crippen molar-refractivity contribution in [2.75, 3.05) is 18.0 Å². The summed E-state index contributed by atoms with van der Waals surface area (Å²) < 4.78 is 48.4. The number of ether oxygens (including phenoxy) is 1. The number of halogens is 3. The lowest BCUT2D eigenvalue weighted by molar-refractivity contribution is -0.140. The van der Waals surface area contributed by atoms with Crippen LogP contribution in [0.3, 0.4) is 0 Å². The molecule has 8 nitrogen and oxygen atoms in total. The minimum atomic E-state index is -4.38. The van der Waals surface area contributed by atoms with Crippen LogP contribution in [0.2, 0.25) is 10.0 Å². The van der Waals surface area contributed by atoms with Crippen LogP contribution < -0.4 is 14.4 Å². The fourth-order valence-corrected chi connectivity index (χ4v) is 7.72. The number of rotatable bonds is 13. The largest absolute Gasteiger partial charge is 0.497 e. The van der Waals surface area contributed by atoms with Crippen LogP contribution in [-0.4, -0.2) is 50.9 Å². The van der Waals surface area contributed by atoms with E-state index < -0.39 is 34.3 Å². The van der Waals surface area contributed by atoms with Gasteiger partial charge in [-0.15, -0.1) is 0 Å². The highest BCUT2D eigenvalue weighted by molar-refractivity contribution is 7.92. The maximum atomic E-state index is 14.6. The molecule has 0 spiro atoms. The second-order valence-corrected chi connectivity index (χ2v) is 14.3. The molecule has 0 unspecified atom stereocenters. The first-order valence-electron chi connectivity index (χ1n) is 15.6. The van der Waals surface area contributed by atoms with E-state index in [9.17, 15) is 22.4 Å². The van der Waals surface area contributed by atoms with E-state index in [4.69, 9.17) is 27.9 Å². The lowest BCUT2D eigenvalue weighted by Gasteiger charge is -2.34. The highest BCUT2D eigenvalue weighted by Crippen LogP contribution is 2.30. The molecule has 1 N–H and O–H groups in total. The summed E-state index contributed by atoms with van der Waals surface area (Å²) in [7, 11) is -2.92. The Hall–Kier alpha value is -4.12. The Morgan fingerprint density at radius 3 is 2.12 bits per heavy atom. The molecule has 1 saturated carbocycles. The quantitative estimate of drug-likeness (QED) is 0.161. The smallest absolute Gasteiger partial charge is 0.264 e. The van der Waals surface area contributed by atoms with Crippen molar-refractivity contribution < 1.29 is 27.1 Å². The Kier molecular flexibility index (Phi) is 11.6. The number of carbonyl (C=O) groups is 2. The van der Waals surface area contributed by atoms with Gasteiger partial charge in [0.1, 0.15) is 24.2 Å². The standard InChI is InChI=1S/C36H36Cl2FN3O5S/c1-47-29-18-20-30(21-19-29)48(45,46)42(28-16-14-26(39)15-17-28)24-35(43)41(23-31-32(37)12-7-13-33(31)38)34(22-25-8-3-2-4-9-25)36(44)40-27-10-5-6-11-27/h2-4,7-9,12-21,27,34H,5-6,10-11,22-24H2,1H3,(H,40,44)/t34-/m1/s1. The molecule has 252 valence electrons. The van der Waals surface area contributed by atoms with Crippen LogP contribution in [0.4, 0.5) is 10.1 Å². The van der Waals surface area contributed by atoms with Gasteiger partial charge in [-0.05, 0) is 79.1 Å². The fraction of sp³-hybridized carbons (Fsp3) is 0.278. The summed E-state index contributed by atoms with van der Waals surface area (Å²) in [5, 5.41) is 3.70. The third-order valence-corrected chi connectivity index (χ3v) is 10.9. The molecule has 0 radical (unpaired) electrons. The molecule has 1 aliphatic rings. The number of amides is 2. The Morgan fingerprint density at radius 2 is 1.52 bits per heavy atom. The summed E-state index contributed by atoms with van der Waals surface area (Å²) in [5.41, 5.74) is 1.27. The summed E-state index contributed by atoms with van der Waals surface area (Å²) >= 11 is 13.2. The minimum absolute atomic E-state index is 0.0391. The van der Waals surface area contributed by atoms with Crippen molar-refractivity contribution in [2.24, 2.45) is 0 Å². The summed E-state index contributed by atoms with van der Waals surface area (Å²) in [5.74, 6) is -1.19. The lowest BCUT2D eigenvalue weighted by atomic mass is 10.0. The average molecular weight is 713 g/mol. The van der Waals surface area contributed by atoms with Crippen molar-refractivity contribution >= 4 is 50.7 Å². The molecule has 1 atom stereocenters. The Morgan fingerprint density at radius 1 is 0.896 bits per heavy atom. The maximum Gasteiger partial charge on any atom is 0.264 e. The number of carbonyl (C=O) groups excluding carboxylic acids is 2. The molecular formula is C36H36Cl2FN3O5S. The molecule has 12 heteroatoms. The van der Waals surface area contributed by atoms with Crippen molar-refractivity contribution in [1.29, 1.82) is 0 Å². The van der Waals surface area contributed by atoms with Gasteiger partial charge >= 0.3 is 0 Å². The van der Waals surface area contributed by atoms with Gasteiger partial charge in [0, 0.05) is 34.6 Å². The van der Waals surface area contributed by atoms with E-state index in [2.05, 4.69) is 5.32 Å². The van der Waals surface area contributed by atoms with Gasteiger partial charge in [-0.25, -0.2) is 12.8 Å². The molecule has 0 heterocycles. The van der Waals surface area contributed by atoms with Crippen LogP contribution in [0.1, 0.15) is 36.8 Å². The normalized spacial score (nSPS) is 13.9. The van der Waals surface area contributed by atoms with Gasteiger partial charge in [-0.1, -0.05) is 72.4 Å². The highest BCUT2D eigenvalue weighted by atomic mass is 35.5. The van der Waals surface area contributed by atoms with E-state index in [0.29, 0.717) is 11.3 Å². The van der Waals surface area contributed by atoms with Gasteiger partial charge in [0.05, 0.1) is 17.7 Å². The molecular weight excluding hydrogens is 676 g/mol. The first kappa shape index (κ1) is 35.2. The Balaban J connectivity index is 1.59. The number of methoxy groups -OCH3 is 1. The molecule has 0 saturated heterocycles. The summed E-state index contributed by atoms with van der Waals surface area (Å²) in [6.45, 7) is -0.878. The zero-order valence-corrected chi connectivity index (χ0v) is 28.6. The molecule has 0 aromatic heterocycles. The number of hydrogen-bond acceptors (Lipinski definition) is 5. The second kappa shape index (κ2) is 15.9. The van der Waals surface area contributed by atoms with Crippen LogP contribution in [0.25, 0.3) is 0 Å². The first-order valence-corrected chi connectivity index (χ1v) is 17.8. The van der Waals surface area contributed by atoms with Gasteiger partial charge in [-0.2, -0.15) is 0 Å². The highest BCUT2D eigenvalue weighted by Gasteiger charge is 2.36. The molecule has 48 heavy (non-hydrogen) atoms. The van der Waals surface area contributed by atoms with E-state index in [1.165, 1.54) is 48.4 Å². The van der Waals surface area contributed by atoms with Crippen LogP contribution in [0.15, 0.2) is 102 Å². The molecule has 0 aliphatic heterocycles. The van der Waals surface area contributed by atoms with Crippen LogP contribution in [0.5, 0.6) is 5.75 Å². The van der Waals surface area contributed by atoms with Gasteiger partial charge in [0.2, 0.25) is 11.8 Å². The van der Waals surface area contributed by atoms with E-state index >= 15 is 0 Å². The number of nitrogens with one attached hydrogen (secondary N) is 1. The molecule has 0 bridgehead atoms. The predicted molar refractivity (Wildman–Crippen MR) is 185 cm³/mol. The first-order chi connectivity index (χ1) is 23.1. The minimum Gasteiger partial charge on any atom is -0.497 e. The summed E-state index contributed by atoms with van der Waals surface area (Å²) in [6, 6.07) is 23.6. The van der Waals surface area contributed by atoms with Crippen molar-refractivity contribution in [1.82, 2.24) is 10.2 Å². The van der Waals surface area contributed by atoms with Crippen molar-refractivity contribution in [3.63, 3.8) is 0 Å². The van der Waals surface area contributed by atoms with Crippen molar-refractivity contribution in [2.45, 2.75) is 55.6 Å². The molecule has 1 aliphatic carbocycles. The zero-order valence-electron chi connectivity index (χ0n) is 26.3. The van der Waals surface area contributed by atoms with E-state index in [1.54, 1.807) is 18.2 Å². The molecule has 1 fully saturated rings. The Labute approximate surface area is 290 Å². The van der Waals surface area contributed by atoms with Gasteiger partial charge in [0.15, 0.2) is 0 Å². The van der Waals surface area contributed by atoms with Gasteiger partial charge < -0.3 is 15.0 Å². The summed E-state index contributed by atoms with van der Waals surface area (Å²) in [4.78, 5) is 30.0. The summed E-state index contributed by atoms with van der Waals surface area (Å²) in [6.07, 6.45) is 3.78. The number of hydrogen-bond donors (Lipinski definition) is 1. The van der Waals surface area contributed by atoms with Crippen LogP contribution in [0, 0.1) is 5.82 Å². The zero-order chi connectivity index (χ0) is 34.3. The number of anilines is 1. The maximum absolute atomic E-state index is 14.6. The third-order valence-electron chi connectivity index (χ3n) is 8.40. The predicted octanol–water partition coefficient (Wildman–Crippen LogP) is 7.04. The van der Waals surface area contributed by atoms with Crippen molar-refractivity contribution in [3.8, 4) is 5.75 Å². The number of nitrogens with zero attached hydrogens (tertiary/aromatic N) is 2. The SMILES string of the molecule is COc1ccc(S(=O)(=O)N(CC(=O)N(Cc2c(Cl)cccc2Cl)[C@H](Cc2ccccc2)C(=O)NC2CCCC2)c2ccc(F)cc2)cc1. The fourth-order valence-electron chi connectivity index (χ4n) is 5.79.